The number of nitrogens with zero attached hydrogens (tertiary/aromatic N) is 2. The third-order valence-electron chi connectivity index (χ3n) is 4.33. The number of guanidine groups is 1. The van der Waals surface area contributed by atoms with Crippen LogP contribution in [-0.2, 0) is 4.74 Å². The van der Waals surface area contributed by atoms with Crippen LogP contribution < -0.4 is 10.6 Å². The maximum absolute atomic E-state index is 5.59. The molecule has 0 amide bonds. The van der Waals surface area contributed by atoms with Crippen molar-refractivity contribution in [2.75, 3.05) is 45.9 Å². The van der Waals surface area contributed by atoms with Crippen LogP contribution in [0.1, 0.15) is 59.3 Å². The molecular formula is C18H38N4O. The molecule has 5 nitrogen and oxygen atoms in total. The molecule has 1 atom stereocenters. The number of rotatable bonds is 12. The first kappa shape index (κ1) is 20.2. The van der Waals surface area contributed by atoms with Crippen LogP contribution in [-0.4, -0.2) is 62.8 Å². The number of hydrogen-bond acceptors (Lipinski definition) is 3. The Morgan fingerprint density at radius 3 is 2.48 bits per heavy atom. The van der Waals surface area contributed by atoms with E-state index < -0.39 is 0 Å². The molecule has 1 aliphatic heterocycles. The zero-order chi connectivity index (χ0) is 16.8. The van der Waals surface area contributed by atoms with Crippen LogP contribution in [0.25, 0.3) is 0 Å². The van der Waals surface area contributed by atoms with Crippen LogP contribution in [0.3, 0.4) is 0 Å². The summed E-state index contributed by atoms with van der Waals surface area (Å²) in [4.78, 5) is 7.38. The minimum atomic E-state index is 0.588. The molecule has 1 fully saturated rings. The number of likely N-dealkylation sites (tertiary alicyclic amines) is 1. The minimum absolute atomic E-state index is 0.588. The van der Waals surface area contributed by atoms with Crippen LogP contribution in [0.5, 0.6) is 0 Å². The fraction of sp³-hybridized carbons (Fsp3) is 0.944. The molecule has 5 heteroatoms. The molecule has 0 aromatic carbocycles. The van der Waals surface area contributed by atoms with Gasteiger partial charge in [0, 0.05) is 32.3 Å². The quantitative estimate of drug-likeness (QED) is 0.329. The summed E-state index contributed by atoms with van der Waals surface area (Å²) < 4.78 is 5.59. The summed E-state index contributed by atoms with van der Waals surface area (Å²) in [7, 11) is 0. The van der Waals surface area contributed by atoms with Crippen molar-refractivity contribution >= 4 is 5.96 Å². The maximum Gasteiger partial charge on any atom is 0.191 e. The van der Waals surface area contributed by atoms with Gasteiger partial charge in [0.25, 0.3) is 0 Å². The van der Waals surface area contributed by atoms with Crippen molar-refractivity contribution in [2.24, 2.45) is 4.99 Å². The second-order valence-electron chi connectivity index (χ2n) is 6.27. The van der Waals surface area contributed by atoms with Crippen LogP contribution in [0.4, 0.5) is 0 Å². The Morgan fingerprint density at radius 2 is 1.83 bits per heavy atom. The zero-order valence-corrected chi connectivity index (χ0v) is 15.6. The largest absolute Gasteiger partial charge is 0.381 e. The molecule has 0 spiro atoms. The van der Waals surface area contributed by atoms with E-state index in [-0.39, 0.29) is 0 Å². The van der Waals surface area contributed by atoms with E-state index in [4.69, 9.17) is 9.73 Å². The monoisotopic (exact) mass is 326 g/mol. The van der Waals surface area contributed by atoms with Crippen LogP contribution in [0.15, 0.2) is 4.99 Å². The van der Waals surface area contributed by atoms with Gasteiger partial charge in [-0.15, -0.1) is 0 Å². The van der Waals surface area contributed by atoms with E-state index in [0.29, 0.717) is 6.04 Å². The standard InChI is InChI=1S/C18H38N4O/c1-4-7-14-23-15-10-11-20-18(19-6-3)21-16-17(5-2)22-12-8-9-13-22/h17H,4-16H2,1-3H3,(H2,19,20,21). The van der Waals surface area contributed by atoms with Crippen molar-refractivity contribution in [3.8, 4) is 0 Å². The first-order valence-corrected chi connectivity index (χ1v) is 9.65. The third-order valence-corrected chi connectivity index (χ3v) is 4.33. The molecular weight excluding hydrogens is 288 g/mol. The molecule has 0 radical (unpaired) electrons. The SMILES string of the molecule is CCCCOCCCNC(=NCC(CC)N1CCCC1)NCC. The number of ether oxygens (including phenoxy) is 1. The highest BCUT2D eigenvalue weighted by atomic mass is 16.5. The van der Waals surface area contributed by atoms with Crippen molar-refractivity contribution in [3.05, 3.63) is 0 Å². The Hall–Kier alpha value is -0.810. The van der Waals surface area contributed by atoms with Gasteiger partial charge in [0.15, 0.2) is 5.96 Å². The van der Waals surface area contributed by atoms with Gasteiger partial charge in [0.1, 0.15) is 0 Å². The van der Waals surface area contributed by atoms with E-state index in [1.54, 1.807) is 0 Å². The van der Waals surface area contributed by atoms with E-state index >= 15 is 0 Å². The van der Waals surface area contributed by atoms with E-state index in [1.807, 2.05) is 0 Å². The van der Waals surface area contributed by atoms with E-state index in [2.05, 4.69) is 36.3 Å². The molecule has 2 N–H and O–H groups in total. The van der Waals surface area contributed by atoms with Gasteiger partial charge < -0.3 is 15.4 Å². The molecule has 0 aromatic rings. The normalized spacial score (nSPS) is 17.4. The van der Waals surface area contributed by atoms with Gasteiger partial charge in [0.2, 0.25) is 0 Å². The maximum atomic E-state index is 5.59. The lowest BCUT2D eigenvalue weighted by molar-refractivity contribution is 0.129. The van der Waals surface area contributed by atoms with Crippen molar-refractivity contribution in [1.29, 1.82) is 0 Å². The molecule has 1 aliphatic rings. The van der Waals surface area contributed by atoms with E-state index in [0.717, 1.165) is 51.6 Å². The fourth-order valence-electron chi connectivity index (χ4n) is 2.88. The highest BCUT2D eigenvalue weighted by Crippen LogP contribution is 2.14. The Morgan fingerprint density at radius 1 is 1.09 bits per heavy atom. The predicted molar refractivity (Wildman–Crippen MR) is 99.2 cm³/mol. The third kappa shape index (κ3) is 9.16. The molecule has 1 unspecified atom stereocenters. The highest BCUT2D eigenvalue weighted by molar-refractivity contribution is 5.79. The molecule has 0 saturated carbocycles. The molecule has 0 bridgehead atoms. The first-order chi connectivity index (χ1) is 11.3. The topological polar surface area (TPSA) is 48.9 Å². The van der Waals surface area contributed by atoms with Crippen molar-refractivity contribution in [3.63, 3.8) is 0 Å². The summed E-state index contributed by atoms with van der Waals surface area (Å²) in [6.45, 7) is 13.5. The number of nitrogens with one attached hydrogen (secondary N) is 2. The number of unbranched alkanes of at least 4 members (excludes halogenated alkanes) is 1. The second kappa shape index (κ2) is 13.6. The summed E-state index contributed by atoms with van der Waals surface area (Å²) in [5.74, 6) is 0.943. The van der Waals surface area contributed by atoms with Crippen LogP contribution >= 0.6 is 0 Å². The van der Waals surface area contributed by atoms with Gasteiger partial charge in [-0.3, -0.25) is 9.89 Å². The van der Waals surface area contributed by atoms with Gasteiger partial charge in [-0.2, -0.15) is 0 Å². The molecule has 0 aliphatic carbocycles. The Kier molecular flexibility index (Phi) is 12.0. The first-order valence-electron chi connectivity index (χ1n) is 9.65. The lowest BCUT2D eigenvalue weighted by Crippen LogP contribution is -2.40. The van der Waals surface area contributed by atoms with Crippen molar-refractivity contribution in [2.45, 2.75) is 65.3 Å². The Balaban J connectivity index is 2.25. The Labute approximate surface area is 143 Å². The Bertz CT molecular complexity index is 303. The second-order valence-corrected chi connectivity index (χ2v) is 6.27. The molecule has 23 heavy (non-hydrogen) atoms. The van der Waals surface area contributed by atoms with E-state index in [9.17, 15) is 0 Å². The molecule has 136 valence electrons. The van der Waals surface area contributed by atoms with Crippen LogP contribution in [0, 0.1) is 0 Å². The van der Waals surface area contributed by atoms with Crippen LogP contribution in [0.2, 0.25) is 0 Å². The fourth-order valence-corrected chi connectivity index (χ4v) is 2.88. The predicted octanol–water partition coefficient (Wildman–Crippen LogP) is 2.62. The van der Waals surface area contributed by atoms with E-state index in [1.165, 1.54) is 38.8 Å². The lowest BCUT2D eigenvalue weighted by atomic mass is 10.2. The number of aliphatic imine (C=N–C) groups is 1. The van der Waals surface area contributed by atoms with Gasteiger partial charge in [0.05, 0.1) is 6.54 Å². The highest BCUT2D eigenvalue weighted by Gasteiger charge is 2.19. The minimum Gasteiger partial charge on any atom is -0.381 e. The summed E-state index contributed by atoms with van der Waals surface area (Å²) >= 11 is 0. The van der Waals surface area contributed by atoms with Crippen molar-refractivity contribution in [1.82, 2.24) is 15.5 Å². The van der Waals surface area contributed by atoms with Gasteiger partial charge >= 0.3 is 0 Å². The van der Waals surface area contributed by atoms with Crippen molar-refractivity contribution < 1.29 is 4.74 Å². The molecule has 1 rings (SSSR count). The molecule has 1 saturated heterocycles. The average Bonchev–Trinajstić information content (AvgIpc) is 3.09. The van der Waals surface area contributed by atoms with Gasteiger partial charge in [-0.05, 0) is 52.1 Å². The summed E-state index contributed by atoms with van der Waals surface area (Å²) in [6, 6.07) is 0.588. The lowest BCUT2D eigenvalue weighted by Gasteiger charge is -2.25. The van der Waals surface area contributed by atoms with Gasteiger partial charge in [-0.25, -0.2) is 0 Å². The summed E-state index contributed by atoms with van der Waals surface area (Å²) in [5.41, 5.74) is 0. The number of hydrogen-bond donors (Lipinski definition) is 2. The zero-order valence-electron chi connectivity index (χ0n) is 15.6. The average molecular weight is 327 g/mol. The molecule has 0 aromatic heterocycles. The smallest absolute Gasteiger partial charge is 0.191 e. The van der Waals surface area contributed by atoms with Gasteiger partial charge in [-0.1, -0.05) is 20.3 Å². The summed E-state index contributed by atoms with van der Waals surface area (Å²) in [5, 5.41) is 6.77. The molecule has 1 heterocycles. The summed E-state index contributed by atoms with van der Waals surface area (Å²) in [6.07, 6.45) is 7.25.